The Hall–Kier alpha value is -2.76. The summed E-state index contributed by atoms with van der Waals surface area (Å²) < 4.78 is 11.2. The number of hydrogen-bond donors (Lipinski definition) is 1. The number of likely N-dealkylation sites (tertiary alicyclic amines) is 1. The van der Waals surface area contributed by atoms with Crippen LogP contribution in [-0.2, 0) is 11.4 Å². The van der Waals surface area contributed by atoms with E-state index in [2.05, 4.69) is 0 Å². The Morgan fingerprint density at radius 2 is 2.08 bits per heavy atom. The predicted octanol–water partition coefficient (Wildman–Crippen LogP) is 2.86. The van der Waals surface area contributed by atoms with Gasteiger partial charge < -0.3 is 19.2 Å². The van der Waals surface area contributed by atoms with Gasteiger partial charge in [0, 0.05) is 12.1 Å². The molecule has 0 saturated carbocycles. The molecule has 1 aliphatic rings. The molecule has 0 radical (unpaired) electrons. The Bertz CT molecular complexity index is 737. The van der Waals surface area contributed by atoms with E-state index in [-0.39, 0.29) is 18.3 Å². The third-order valence-corrected chi connectivity index (χ3v) is 4.17. The Kier molecular flexibility index (Phi) is 4.55. The summed E-state index contributed by atoms with van der Waals surface area (Å²) in [5.41, 5.74) is 0.772. The number of furan rings is 1. The Balaban J connectivity index is 1.71. The molecule has 1 N–H and O–H groups in total. The van der Waals surface area contributed by atoms with E-state index in [1.807, 2.05) is 30.3 Å². The van der Waals surface area contributed by atoms with Crippen molar-refractivity contribution in [2.75, 3.05) is 6.54 Å². The predicted molar refractivity (Wildman–Crippen MR) is 85.9 cm³/mol. The highest BCUT2D eigenvalue weighted by atomic mass is 16.5. The molecule has 1 atom stereocenters. The standard InChI is InChI=1S/C18H19NO5/c1-12-13(11-23-14-6-3-2-4-7-14)10-16(24-12)17(20)19-9-5-8-15(19)18(21)22/h2-4,6-7,10,15H,5,8-9,11H2,1H3,(H,21,22)/t15-/m1/s1. The third kappa shape index (κ3) is 3.27. The van der Waals surface area contributed by atoms with Gasteiger partial charge in [0.2, 0.25) is 0 Å². The third-order valence-electron chi connectivity index (χ3n) is 4.17. The second-order valence-corrected chi connectivity index (χ2v) is 5.79. The van der Waals surface area contributed by atoms with E-state index in [9.17, 15) is 14.7 Å². The maximum atomic E-state index is 12.5. The Morgan fingerprint density at radius 1 is 1.33 bits per heavy atom. The van der Waals surface area contributed by atoms with Crippen LogP contribution >= 0.6 is 0 Å². The number of nitrogens with zero attached hydrogens (tertiary/aromatic N) is 1. The van der Waals surface area contributed by atoms with Gasteiger partial charge in [0.05, 0.1) is 0 Å². The number of carbonyl (C=O) groups is 2. The van der Waals surface area contributed by atoms with Crippen LogP contribution < -0.4 is 4.74 Å². The maximum absolute atomic E-state index is 12.5. The molecule has 2 aromatic rings. The van der Waals surface area contributed by atoms with Crippen molar-refractivity contribution < 1.29 is 23.8 Å². The van der Waals surface area contributed by atoms with Gasteiger partial charge in [-0.1, -0.05) is 18.2 Å². The van der Waals surface area contributed by atoms with Crippen molar-refractivity contribution in [1.82, 2.24) is 4.90 Å². The lowest BCUT2D eigenvalue weighted by atomic mass is 10.2. The molecular formula is C18H19NO5. The number of carbonyl (C=O) groups excluding carboxylic acids is 1. The van der Waals surface area contributed by atoms with E-state index in [4.69, 9.17) is 9.15 Å². The van der Waals surface area contributed by atoms with Crippen molar-refractivity contribution >= 4 is 11.9 Å². The molecule has 0 spiro atoms. The van der Waals surface area contributed by atoms with Gasteiger partial charge in [-0.3, -0.25) is 4.79 Å². The molecule has 0 aliphatic carbocycles. The number of para-hydroxylation sites is 1. The summed E-state index contributed by atoms with van der Waals surface area (Å²) in [5.74, 6) is 0.134. The highest BCUT2D eigenvalue weighted by Crippen LogP contribution is 2.24. The van der Waals surface area contributed by atoms with Gasteiger partial charge >= 0.3 is 5.97 Å². The van der Waals surface area contributed by atoms with Crippen molar-refractivity contribution in [2.24, 2.45) is 0 Å². The maximum Gasteiger partial charge on any atom is 0.326 e. The van der Waals surface area contributed by atoms with Crippen molar-refractivity contribution in [3.63, 3.8) is 0 Å². The molecule has 126 valence electrons. The van der Waals surface area contributed by atoms with Crippen molar-refractivity contribution in [1.29, 1.82) is 0 Å². The SMILES string of the molecule is Cc1oc(C(=O)N2CCC[C@@H]2C(=O)O)cc1COc1ccccc1. The summed E-state index contributed by atoms with van der Waals surface area (Å²) in [4.78, 5) is 25.1. The van der Waals surface area contributed by atoms with E-state index in [1.54, 1.807) is 13.0 Å². The molecule has 0 unspecified atom stereocenters. The molecule has 6 nitrogen and oxygen atoms in total. The average molecular weight is 329 g/mol. The lowest BCUT2D eigenvalue weighted by molar-refractivity contribution is -0.141. The molecule has 1 aromatic heterocycles. The van der Waals surface area contributed by atoms with Crippen LogP contribution in [0.25, 0.3) is 0 Å². The number of amides is 1. The second kappa shape index (κ2) is 6.78. The highest BCUT2D eigenvalue weighted by molar-refractivity contribution is 5.95. The van der Waals surface area contributed by atoms with Gasteiger partial charge in [-0.2, -0.15) is 0 Å². The van der Waals surface area contributed by atoms with Crippen LogP contribution in [0, 0.1) is 6.92 Å². The zero-order valence-electron chi connectivity index (χ0n) is 13.4. The van der Waals surface area contributed by atoms with Crippen molar-refractivity contribution in [2.45, 2.75) is 32.4 Å². The molecule has 0 bridgehead atoms. The monoisotopic (exact) mass is 329 g/mol. The fraction of sp³-hybridized carbons (Fsp3) is 0.333. The van der Waals surface area contributed by atoms with Crippen LogP contribution in [0.15, 0.2) is 40.8 Å². The number of aryl methyl sites for hydroxylation is 1. The fourth-order valence-corrected chi connectivity index (χ4v) is 2.85. The van der Waals surface area contributed by atoms with E-state index in [0.29, 0.717) is 25.1 Å². The first-order valence-corrected chi connectivity index (χ1v) is 7.87. The lowest BCUT2D eigenvalue weighted by Crippen LogP contribution is -2.40. The summed E-state index contributed by atoms with van der Waals surface area (Å²) in [6.45, 7) is 2.49. The number of ether oxygens (including phenoxy) is 1. The minimum atomic E-state index is -0.975. The summed E-state index contributed by atoms with van der Waals surface area (Å²) >= 11 is 0. The van der Waals surface area contributed by atoms with Gasteiger partial charge in [0.15, 0.2) is 5.76 Å². The zero-order valence-corrected chi connectivity index (χ0v) is 13.4. The van der Waals surface area contributed by atoms with Gasteiger partial charge in [0.1, 0.15) is 24.2 Å². The van der Waals surface area contributed by atoms with Crippen molar-refractivity contribution in [3.05, 3.63) is 53.5 Å². The summed E-state index contributed by atoms with van der Waals surface area (Å²) in [6, 6.07) is 10.2. The lowest BCUT2D eigenvalue weighted by Gasteiger charge is -2.19. The topological polar surface area (TPSA) is 80.0 Å². The molecular weight excluding hydrogens is 310 g/mol. The first-order valence-electron chi connectivity index (χ1n) is 7.87. The van der Waals surface area contributed by atoms with E-state index in [0.717, 1.165) is 11.3 Å². The molecule has 3 rings (SSSR count). The molecule has 1 aromatic carbocycles. The molecule has 1 aliphatic heterocycles. The van der Waals surface area contributed by atoms with Crippen LogP contribution in [0.2, 0.25) is 0 Å². The van der Waals surface area contributed by atoms with Crippen LogP contribution in [-0.4, -0.2) is 34.5 Å². The largest absolute Gasteiger partial charge is 0.489 e. The van der Waals surface area contributed by atoms with Gasteiger partial charge in [0.25, 0.3) is 5.91 Å². The number of rotatable bonds is 5. The molecule has 24 heavy (non-hydrogen) atoms. The van der Waals surface area contributed by atoms with Crippen LogP contribution in [0.3, 0.4) is 0 Å². The molecule has 2 heterocycles. The van der Waals surface area contributed by atoms with Gasteiger partial charge in [-0.25, -0.2) is 4.79 Å². The number of benzene rings is 1. The minimum Gasteiger partial charge on any atom is -0.489 e. The van der Waals surface area contributed by atoms with Gasteiger partial charge in [-0.05, 0) is 38.0 Å². The van der Waals surface area contributed by atoms with E-state index in [1.165, 1.54) is 4.90 Å². The highest BCUT2D eigenvalue weighted by Gasteiger charge is 2.35. The average Bonchev–Trinajstić information content (AvgIpc) is 3.20. The van der Waals surface area contributed by atoms with Crippen molar-refractivity contribution in [3.8, 4) is 5.75 Å². The minimum absolute atomic E-state index is 0.160. The van der Waals surface area contributed by atoms with Crippen LogP contribution in [0.4, 0.5) is 0 Å². The first-order chi connectivity index (χ1) is 11.6. The quantitative estimate of drug-likeness (QED) is 0.912. The van der Waals surface area contributed by atoms with Crippen LogP contribution in [0.1, 0.15) is 34.7 Å². The number of aliphatic carboxylic acids is 1. The number of hydrogen-bond acceptors (Lipinski definition) is 4. The first kappa shape index (κ1) is 16.1. The fourth-order valence-electron chi connectivity index (χ4n) is 2.85. The zero-order chi connectivity index (χ0) is 17.1. The van der Waals surface area contributed by atoms with Crippen LogP contribution in [0.5, 0.6) is 5.75 Å². The molecule has 1 fully saturated rings. The smallest absolute Gasteiger partial charge is 0.326 e. The Morgan fingerprint density at radius 3 is 2.79 bits per heavy atom. The van der Waals surface area contributed by atoms with E-state index < -0.39 is 12.0 Å². The Labute approximate surface area is 139 Å². The number of carboxylic acids is 1. The normalized spacial score (nSPS) is 17.0. The molecule has 1 saturated heterocycles. The van der Waals surface area contributed by atoms with Gasteiger partial charge in [-0.15, -0.1) is 0 Å². The summed E-state index contributed by atoms with van der Waals surface area (Å²) in [6.07, 6.45) is 1.16. The molecule has 6 heteroatoms. The number of carboxylic acid groups (broad SMARTS) is 1. The van der Waals surface area contributed by atoms with E-state index >= 15 is 0 Å². The summed E-state index contributed by atoms with van der Waals surface area (Å²) in [5, 5.41) is 9.21. The summed E-state index contributed by atoms with van der Waals surface area (Å²) in [7, 11) is 0. The molecule has 1 amide bonds. The second-order valence-electron chi connectivity index (χ2n) is 5.79.